The minimum absolute atomic E-state index is 0.370. The van der Waals surface area contributed by atoms with Crippen molar-refractivity contribution in [3.63, 3.8) is 0 Å². The highest BCUT2D eigenvalue weighted by molar-refractivity contribution is 5.81. The molecule has 108 valence electrons. The van der Waals surface area contributed by atoms with E-state index in [-0.39, 0.29) is 5.91 Å². The van der Waals surface area contributed by atoms with Gasteiger partial charge in [0.2, 0.25) is 5.91 Å². The number of carbonyl (C=O) groups is 1. The van der Waals surface area contributed by atoms with Crippen LogP contribution < -0.4 is 10.6 Å². The van der Waals surface area contributed by atoms with Crippen molar-refractivity contribution in [1.29, 1.82) is 0 Å². The predicted molar refractivity (Wildman–Crippen MR) is 62.0 cm³/mol. The molecule has 2 unspecified atom stereocenters. The van der Waals surface area contributed by atoms with Gasteiger partial charge < -0.3 is 15.7 Å². The molecule has 0 aromatic carbocycles. The zero-order valence-corrected chi connectivity index (χ0v) is 10.8. The summed E-state index contributed by atoms with van der Waals surface area (Å²) in [4.78, 5) is 11.5. The monoisotopic (exact) mass is 270 g/mol. The van der Waals surface area contributed by atoms with Gasteiger partial charge in [-0.25, -0.2) is 0 Å². The molecule has 2 atom stereocenters. The first-order valence-electron chi connectivity index (χ1n) is 5.90. The van der Waals surface area contributed by atoms with E-state index in [9.17, 15) is 18.0 Å². The Labute approximate surface area is 105 Å². The number of alkyl halides is 3. The van der Waals surface area contributed by atoms with E-state index < -0.39 is 24.9 Å². The van der Waals surface area contributed by atoms with Crippen LogP contribution in [0.3, 0.4) is 0 Å². The highest BCUT2D eigenvalue weighted by atomic mass is 19.4. The molecule has 4 nitrogen and oxygen atoms in total. The molecule has 0 rings (SSSR count). The SMILES string of the molecule is CC(C)CCNC(=O)C(C)NCC(O)C(F)(F)F. The second-order valence-corrected chi connectivity index (χ2v) is 4.66. The number of nitrogens with one attached hydrogen (secondary N) is 2. The number of carbonyl (C=O) groups excluding carboxylic acids is 1. The molecule has 0 heterocycles. The van der Waals surface area contributed by atoms with Crippen molar-refractivity contribution in [3.05, 3.63) is 0 Å². The van der Waals surface area contributed by atoms with E-state index >= 15 is 0 Å². The molecule has 0 bridgehead atoms. The molecule has 3 N–H and O–H groups in total. The Balaban J connectivity index is 3.88. The van der Waals surface area contributed by atoms with E-state index in [1.54, 1.807) is 0 Å². The third-order valence-corrected chi connectivity index (χ3v) is 2.41. The van der Waals surface area contributed by atoms with Gasteiger partial charge in [-0.3, -0.25) is 4.79 Å². The fraction of sp³-hybridized carbons (Fsp3) is 0.909. The molecule has 18 heavy (non-hydrogen) atoms. The lowest BCUT2D eigenvalue weighted by Crippen LogP contribution is -2.47. The van der Waals surface area contributed by atoms with Crippen LogP contribution >= 0.6 is 0 Å². The molecule has 1 amide bonds. The first-order valence-corrected chi connectivity index (χ1v) is 5.90. The minimum atomic E-state index is -4.67. The largest absolute Gasteiger partial charge is 0.415 e. The van der Waals surface area contributed by atoms with Crippen molar-refractivity contribution in [2.75, 3.05) is 13.1 Å². The Morgan fingerprint density at radius 1 is 1.28 bits per heavy atom. The van der Waals surface area contributed by atoms with Crippen molar-refractivity contribution >= 4 is 5.91 Å². The van der Waals surface area contributed by atoms with Crippen LogP contribution in [0.4, 0.5) is 13.2 Å². The summed E-state index contributed by atoms with van der Waals surface area (Å²) in [5.74, 6) is 0.0747. The summed E-state index contributed by atoms with van der Waals surface area (Å²) in [5, 5.41) is 13.7. The zero-order chi connectivity index (χ0) is 14.3. The lowest BCUT2D eigenvalue weighted by atomic mass is 10.1. The molecule has 0 fully saturated rings. The Bertz CT molecular complexity index is 257. The van der Waals surface area contributed by atoms with E-state index in [0.717, 1.165) is 6.42 Å². The predicted octanol–water partition coefficient (Wildman–Crippen LogP) is 1.05. The van der Waals surface area contributed by atoms with E-state index in [2.05, 4.69) is 10.6 Å². The first kappa shape index (κ1) is 17.2. The number of rotatable bonds is 7. The molecule has 0 aliphatic heterocycles. The van der Waals surface area contributed by atoms with E-state index in [1.165, 1.54) is 6.92 Å². The summed E-state index contributed by atoms with van der Waals surface area (Å²) in [6, 6.07) is -0.769. The van der Waals surface area contributed by atoms with Crippen LogP contribution in [0.25, 0.3) is 0 Å². The molecule has 0 spiro atoms. The van der Waals surface area contributed by atoms with Crippen LogP contribution in [-0.4, -0.2) is 42.4 Å². The average Bonchev–Trinajstić information content (AvgIpc) is 2.23. The van der Waals surface area contributed by atoms with Gasteiger partial charge in [0.1, 0.15) is 0 Å². The van der Waals surface area contributed by atoms with E-state index in [1.807, 2.05) is 13.8 Å². The second-order valence-electron chi connectivity index (χ2n) is 4.66. The summed E-state index contributed by atoms with van der Waals surface area (Å²) in [6.07, 6.45) is -6.31. The first-order chi connectivity index (χ1) is 8.14. The van der Waals surface area contributed by atoms with Crippen LogP contribution in [-0.2, 0) is 4.79 Å². The normalized spacial score (nSPS) is 15.6. The van der Waals surface area contributed by atoms with Crippen LogP contribution in [0, 0.1) is 5.92 Å². The fourth-order valence-electron chi connectivity index (χ4n) is 1.13. The van der Waals surface area contributed by atoms with Gasteiger partial charge in [0.25, 0.3) is 0 Å². The summed E-state index contributed by atoms with van der Waals surface area (Å²) >= 11 is 0. The van der Waals surface area contributed by atoms with Crippen molar-refractivity contribution in [3.8, 4) is 0 Å². The molecule has 0 radical (unpaired) electrons. The van der Waals surface area contributed by atoms with Crippen LogP contribution in [0.1, 0.15) is 27.2 Å². The van der Waals surface area contributed by atoms with E-state index in [0.29, 0.717) is 12.5 Å². The highest BCUT2D eigenvalue weighted by Crippen LogP contribution is 2.19. The number of halogens is 3. The number of hydrogen-bond acceptors (Lipinski definition) is 3. The lowest BCUT2D eigenvalue weighted by Gasteiger charge is -2.19. The third-order valence-electron chi connectivity index (χ3n) is 2.41. The van der Waals surface area contributed by atoms with E-state index in [4.69, 9.17) is 5.11 Å². The number of hydrogen-bond donors (Lipinski definition) is 3. The molecule has 0 aromatic rings. The quantitative estimate of drug-likeness (QED) is 0.648. The lowest BCUT2D eigenvalue weighted by molar-refractivity contribution is -0.202. The zero-order valence-electron chi connectivity index (χ0n) is 10.8. The molecule has 0 aliphatic rings. The smallest absolute Gasteiger partial charge is 0.382 e. The maximum atomic E-state index is 12.0. The molecule has 0 saturated carbocycles. The summed E-state index contributed by atoms with van der Waals surface area (Å²) in [5.41, 5.74) is 0. The summed E-state index contributed by atoms with van der Waals surface area (Å²) in [6.45, 7) is 5.27. The Kier molecular flexibility index (Phi) is 7.23. The maximum absolute atomic E-state index is 12.0. The highest BCUT2D eigenvalue weighted by Gasteiger charge is 2.38. The van der Waals surface area contributed by atoms with Gasteiger partial charge in [-0.05, 0) is 19.3 Å². The number of aliphatic hydroxyl groups is 1. The van der Waals surface area contributed by atoms with Gasteiger partial charge in [-0.15, -0.1) is 0 Å². The minimum Gasteiger partial charge on any atom is -0.382 e. The Hall–Kier alpha value is -0.820. The molecule has 0 saturated heterocycles. The van der Waals surface area contributed by atoms with Gasteiger partial charge in [-0.2, -0.15) is 13.2 Å². The second kappa shape index (κ2) is 7.58. The number of aliphatic hydroxyl groups excluding tert-OH is 1. The average molecular weight is 270 g/mol. The van der Waals surface area contributed by atoms with Crippen molar-refractivity contribution in [1.82, 2.24) is 10.6 Å². The Morgan fingerprint density at radius 2 is 1.83 bits per heavy atom. The van der Waals surface area contributed by atoms with Crippen LogP contribution in [0.15, 0.2) is 0 Å². The van der Waals surface area contributed by atoms with Crippen molar-refractivity contribution in [2.24, 2.45) is 5.92 Å². The van der Waals surface area contributed by atoms with Crippen LogP contribution in [0.5, 0.6) is 0 Å². The van der Waals surface area contributed by atoms with Crippen molar-refractivity contribution < 1.29 is 23.1 Å². The fourth-order valence-corrected chi connectivity index (χ4v) is 1.13. The molecule has 7 heteroatoms. The third kappa shape index (κ3) is 7.50. The van der Waals surface area contributed by atoms with Gasteiger partial charge in [0.05, 0.1) is 6.04 Å². The standard InChI is InChI=1S/C11H21F3N2O2/c1-7(2)4-5-15-10(18)8(3)16-6-9(17)11(12,13)14/h7-9,16-17H,4-6H2,1-3H3,(H,15,18). The summed E-state index contributed by atoms with van der Waals surface area (Å²) < 4.78 is 36.0. The Morgan fingerprint density at radius 3 is 2.28 bits per heavy atom. The van der Waals surface area contributed by atoms with Crippen molar-refractivity contribution in [2.45, 2.75) is 45.5 Å². The maximum Gasteiger partial charge on any atom is 0.415 e. The number of amides is 1. The topological polar surface area (TPSA) is 61.4 Å². The molecular weight excluding hydrogens is 249 g/mol. The molecular formula is C11H21F3N2O2. The summed E-state index contributed by atoms with van der Waals surface area (Å²) in [7, 11) is 0. The molecule has 0 aliphatic carbocycles. The van der Waals surface area contributed by atoms with Crippen LogP contribution in [0.2, 0.25) is 0 Å². The van der Waals surface area contributed by atoms with Gasteiger partial charge in [0, 0.05) is 13.1 Å². The van der Waals surface area contributed by atoms with Gasteiger partial charge in [0.15, 0.2) is 6.10 Å². The molecule has 0 aromatic heterocycles. The van der Waals surface area contributed by atoms with Gasteiger partial charge in [-0.1, -0.05) is 13.8 Å². The van der Waals surface area contributed by atoms with Gasteiger partial charge >= 0.3 is 6.18 Å².